The predicted molar refractivity (Wildman–Crippen MR) is 93.9 cm³/mol. The van der Waals surface area contributed by atoms with E-state index >= 15 is 0 Å². The molecule has 6 heteroatoms. The van der Waals surface area contributed by atoms with E-state index in [1.54, 1.807) is 12.3 Å². The standard InChI is InChI=1S/C19H17N5O/c25-19(22-17-7-3-4-8-20-17)23-11-14-13-5-1-2-6-16(13)24-10-9-21-18(24)15(14)12-23/h1-10,14-15H,11-12H2,(H,20,22,25)/t14-,15-/m0/s1. The molecular weight excluding hydrogens is 314 g/mol. The second kappa shape index (κ2) is 5.44. The molecule has 4 heterocycles. The number of para-hydroxylation sites is 1. The number of carbonyl (C=O) groups excluding carboxylic acids is 1. The van der Waals surface area contributed by atoms with E-state index in [0.29, 0.717) is 18.9 Å². The molecule has 2 aromatic heterocycles. The van der Waals surface area contributed by atoms with E-state index in [2.05, 4.69) is 38.1 Å². The topological polar surface area (TPSA) is 63.1 Å². The molecule has 5 rings (SSSR count). The van der Waals surface area contributed by atoms with Crippen molar-refractivity contribution in [2.75, 3.05) is 18.4 Å². The van der Waals surface area contributed by atoms with E-state index in [9.17, 15) is 4.79 Å². The van der Waals surface area contributed by atoms with Crippen molar-refractivity contribution in [3.8, 4) is 5.69 Å². The van der Waals surface area contributed by atoms with E-state index in [4.69, 9.17) is 0 Å². The monoisotopic (exact) mass is 331 g/mol. The van der Waals surface area contributed by atoms with E-state index in [-0.39, 0.29) is 17.9 Å². The molecule has 0 radical (unpaired) electrons. The van der Waals surface area contributed by atoms with Crippen LogP contribution in [0.3, 0.4) is 0 Å². The Bertz CT molecular complexity index is 936. The second-order valence-electron chi connectivity index (χ2n) is 6.48. The number of fused-ring (bicyclic) bond motifs is 6. The third-order valence-electron chi connectivity index (χ3n) is 5.10. The first-order chi connectivity index (χ1) is 12.3. The molecule has 0 saturated carbocycles. The molecule has 1 saturated heterocycles. The van der Waals surface area contributed by atoms with Crippen LogP contribution in [-0.4, -0.2) is 38.6 Å². The minimum absolute atomic E-state index is 0.108. The molecule has 124 valence electrons. The normalized spacial score (nSPS) is 20.6. The zero-order chi connectivity index (χ0) is 16.8. The maximum absolute atomic E-state index is 12.7. The van der Waals surface area contributed by atoms with Crippen LogP contribution in [-0.2, 0) is 0 Å². The average molecular weight is 331 g/mol. The Balaban J connectivity index is 1.46. The van der Waals surface area contributed by atoms with Gasteiger partial charge in [-0.25, -0.2) is 14.8 Å². The Labute approximate surface area is 145 Å². The quantitative estimate of drug-likeness (QED) is 0.745. The number of urea groups is 1. The first-order valence-electron chi connectivity index (χ1n) is 8.41. The van der Waals surface area contributed by atoms with Gasteiger partial charge in [-0.05, 0) is 23.8 Å². The highest BCUT2D eigenvalue weighted by molar-refractivity contribution is 5.88. The van der Waals surface area contributed by atoms with Crippen molar-refractivity contribution in [1.29, 1.82) is 0 Å². The van der Waals surface area contributed by atoms with Crippen LogP contribution in [0.25, 0.3) is 5.69 Å². The van der Waals surface area contributed by atoms with Crippen molar-refractivity contribution in [1.82, 2.24) is 19.4 Å². The van der Waals surface area contributed by atoms with Gasteiger partial charge < -0.3 is 9.47 Å². The van der Waals surface area contributed by atoms with Crippen molar-refractivity contribution in [3.63, 3.8) is 0 Å². The number of rotatable bonds is 1. The van der Waals surface area contributed by atoms with Crippen molar-refractivity contribution in [2.24, 2.45) is 0 Å². The molecule has 1 N–H and O–H groups in total. The first kappa shape index (κ1) is 14.2. The lowest BCUT2D eigenvalue weighted by Gasteiger charge is -2.28. The van der Waals surface area contributed by atoms with Gasteiger partial charge in [0, 0.05) is 43.5 Å². The van der Waals surface area contributed by atoms with Crippen LogP contribution in [0.1, 0.15) is 23.2 Å². The Kier molecular flexibility index (Phi) is 3.09. The van der Waals surface area contributed by atoms with Crippen LogP contribution >= 0.6 is 0 Å². The number of carbonyl (C=O) groups is 1. The molecule has 0 aliphatic carbocycles. The molecular formula is C19H17N5O. The van der Waals surface area contributed by atoms with Crippen LogP contribution in [0.2, 0.25) is 0 Å². The number of hydrogen-bond acceptors (Lipinski definition) is 3. The number of anilines is 1. The van der Waals surface area contributed by atoms with Gasteiger partial charge in [0.25, 0.3) is 0 Å². The lowest BCUT2D eigenvalue weighted by atomic mass is 9.84. The lowest BCUT2D eigenvalue weighted by molar-refractivity contribution is 0.221. The maximum Gasteiger partial charge on any atom is 0.323 e. The third-order valence-corrected chi connectivity index (χ3v) is 5.10. The molecule has 25 heavy (non-hydrogen) atoms. The fraction of sp³-hybridized carbons (Fsp3) is 0.211. The van der Waals surface area contributed by atoms with Gasteiger partial charge in [0.05, 0.1) is 5.69 Å². The number of hydrogen-bond donors (Lipinski definition) is 1. The summed E-state index contributed by atoms with van der Waals surface area (Å²) in [6.07, 6.45) is 5.51. The van der Waals surface area contributed by atoms with Crippen LogP contribution in [0, 0.1) is 0 Å². The summed E-state index contributed by atoms with van der Waals surface area (Å²) < 4.78 is 2.15. The summed E-state index contributed by atoms with van der Waals surface area (Å²) in [4.78, 5) is 23.3. The number of benzene rings is 1. The van der Waals surface area contributed by atoms with Gasteiger partial charge >= 0.3 is 6.03 Å². The van der Waals surface area contributed by atoms with Crippen molar-refractivity contribution in [2.45, 2.75) is 11.8 Å². The molecule has 3 aromatic rings. The summed E-state index contributed by atoms with van der Waals surface area (Å²) in [5, 5.41) is 2.88. The second-order valence-corrected chi connectivity index (χ2v) is 6.48. The fourth-order valence-electron chi connectivity index (χ4n) is 3.99. The minimum atomic E-state index is -0.108. The molecule has 2 aliphatic heterocycles. The smallest absolute Gasteiger partial charge is 0.323 e. The van der Waals surface area contributed by atoms with Gasteiger partial charge in [-0.3, -0.25) is 5.32 Å². The van der Waals surface area contributed by atoms with Crippen LogP contribution in [0.15, 0.2) is 61.1 Å². The number of pyridine rings is 1. The summed E-state index contributed by atoms with van der Waals surface area (Å²) in [5.41, 5.74) is 2.45. The summed E-state index contributed by atoms with van der Waals surface area (Å²) in [6.45, 7) is 1.35. The van der Waals surface area contributed by atoms with Gasteiger partial charge in [-0.1, -0.05) is 24.3 Å². The Morgan fingerprint density at radius 1 is 1.00 bits per heavy atom. The van der Waals surface area contributed by atoms with Crippen molar-refractivity contribution in [3.05, 3.63) is 72.4 Å². The molecule has 2 amide bonds. The zero-order valence-corrected chi connectivity index (χ0v) is 13.5. The van der Waals surface area contributed by atoms with Gasteiger partial charge in [0.1, 0.15) is 11.6 Å². The predicted octanol–water partition coefficient (Wildman–Crippen LogP) is 3.00. The fourth-order valence-corrected chi connectivity index (χ4v) is 3.99. The highest BCUT2D eigenvalue weighted by Crippen LogP contribution is 2.45. The summed E-state index contributed by atoms with van der Waals surface area (Å²) in [5.74, 6) is 2.11. The van der Waals surface area contributed by atoms with E-state index in [1.807, 2.05) is 35.5 Å². The number of nitrogens with zero attached hydrogens (tertiary/aromatic N) is 4. The van der Waals surface area contributed by atoms with E-state index in [0.717, 1.165) is 5.82 Å². The summed E-state index contributed by atoms with van der Waals surface area (Å²) in [6, 6.07) is 13.8. The molecule has 0 bridgehead atoms. The number of likely N-dealkylation sites (tertiary alicyclic amines) is 1. The van der Waals surface area contributed by atoms with E-state index in [1.165, 1.54) is 11.3 Å². The van der Waals surface area contributed by atoms with Crippen LogP contribution in [0.4, 0.5) is 10.6 Å². The van der Waals surface area contributed by atoms with Crippen molar-refractivity contribution >= 4 is 11.8 Å². The zero-order valence-electron chi connectivity index (χ0n) is 13.5. The number of nitrogens with one attached hydrogen (secondary N) is 1. The van der Waals surface area contributed by atoms with Crippen LogP contribution in [0.5, 0.6) is 0 Å². The number of aromatic nitrogens is 3. The molecule has 1 fully saturated rings. The lowest BCUT2D eigenvalue weighted by Crippen LogP contribution is -2.33. The van der Waals surface area contributed by atoms with Gasteiger partial charge in [-0.15, -0.1) is 0 Å². The summed E-state index contributed by atoms with van der Waals surface area (Å²) in [7, 11) is 0. The molecule has 1 aromatic carbocycles. The van der Waals surface area contributed by atoms with Gasteiger partial charge in [-0.2, -0.15) is 0 Å². The minimum Gasteiger partial charge on any atom is -0.323 e. The van der Waals surface area contributed by atoms with E-state index < -0.39 is 0 Å². The third kappa shape index (κ3) is 2.21. The Morgan fingerprint density at radius 2 is 1.84 bits per heavy atom. The van der Waals surface area contributed by atoms with Crippen LogP contribution < -0.4 is 5.32 Å². The van der Waals surface area contributed by atoms with Crippen molar-refractivity contribution < 1.29 is 4.79 Å². The Hall–Kier alpha value is -3.15. The highest BCUT2D eigenvalue weighted by atomic mass is 16.2. The molecule has 2 atom stereocenters. The first-order valence-corrected chi connectivity index (χ1v) is 8.41. The number of amides is 2. The largest absolute Gasteiger partial charge is 0.323 e. The molecule has 0 spiro atoms. The molecule has 6 nitrogen and oxygen atoms in total. The summed E-state index contributed by atoms with van der Waals surface area (Å²) >= 11 is 0. The SMILES string of the molecule is O=C(Nc1ccccn1)N1C[C@@H]2c3nccn3-c3ccccc3[C@@H]2C1. The molecule has 0 unspecified atom stereocenters. The maximum atomic E-state index is 12.7. The van der Waals surface area contributed by atoms with Gasteiger partial charge in [0.15, 0.2) is 0 Å². The average Bonchev–Trinajstić information content (AvgIpc) is 3.30. The van der Waals surface area contributed by atoms with Gasteiger partial charge in [0.2, 0.25) is 0 Å². The Morgan fingerprint density at radius 3 is 2.72 bits per heavy atom. The number of imidazole rings is 1. The highest BCUT2D eigenvalue weighted by Gasteiger charge is 2.43. The molecule has 2 aliphatic rings.